The van der Waals surface area contributed by atoms with Crippen LogP contribution >= 0.6 is 0 Å². The van der Waals surface area contributed by atoms with E-state index in [-0.39, 0.29) is 18.1 Å². The number of hydrogen-bond donors (Lipinski definition) is 3. The highest BCUT2D eigenvalue weighted by atomic mass is 16.5. The number of aromatic nitrogens is 2. The van der Waals surface area contributed by atoms with Crippen LogP contribution in [0.2, 0.25) is 0 Å². The maximum atomic E-state index is 12.8. The molecule has 25 heavy (non-hydrogen) atoms. The molecule has 0 radical (unpaired) electrons. The van der Waals surface area contributed by atoms with E-state index in [4.69, 9.17) is 4.74 Å². The molecule has 3 heterocycles. The average Bonchev–Trinajstić information content (AvgIpc) is 3.07. The minimum Gasteiger partial charge on any atom is -0.371 e. The Labute approximate surface area is 147 Å². The monoisotopic (exact) mass is 340 g/mol. The Morgan fingerprint density at radius 3 is 3.00 bits per heavy atom. The highest BCUT2D eigenvalue weighted by Gasteiger charge is 2.31. The Kier molecular flexibility index (Phi) is 4.55. The van der Waals surface area contributed by atoms with Gasteiger partial charge >= 0.3 is 0 Å². The highest BCUT2D eigenvalue weighted by molar-refractivity contribution is 5.94. The van der Waals surface area contributed by atoms with Gasteiger partial charge in [0.1, 0.15) is 6.10 Å². The van der Waals surface area contributed by atoms with Gasteiger partial charge in [0.15, 0.2) is 5.69 Å². The number of hydrogen-bond acceptors (Lipinski definition) is 4. The van der Waals surface area contributed by atoms with Crippen molar-refractivity contribution in [2.75, 3.05) is 13.2 Å². The summed E-state index contributed by atoms with van der Waals surface area (Å²) in [5.41, 5.74) is 4.90. The summed E-state index contributed by atoms with van der Waals surface area (Å²) in [7, 11) is 0. The number of aryl methyl sites for hydroxylation is 1. The van der Waals surface area contributed by atoms with E-state index in [2.05, 4.69) is 52.0 Å². The quantitative estimate of drug-likeness (QED) is 0.799. The van der Waals surface area contributed by atoms with Crippen LogP contribution in [0.25, 0.3) is 0 Å². The second kappa shape index (κ2) is 6.98. The molecule has 0 bridgehead atoms. The van der Waals surface area contributed by atoms with E-state index in [1.807, 2.05) is 0 Å². The zero-order chi connectivity index (χ0) is 17.2. The first-order valence-corrected chi connectivity index (χ1v) is 8.98. The molecule has 2 aliphatic heterocycles. The lowest BCUT2D eigenvalue weighted by Gasteiger charge is -2.32. The van der Waals surface area contributed by atoms with Crippen LogP contribution in [-0.4, -0.2) is 35.3 Å². The van der Waals surface area contributed by atoms with Gasteiger partial charge in [0.05, 0.1) is 6.04 Å². The fourth-order valence-electron chi connectivity index (χ4n) is 3.66. The molecule has 0 aliphatic carbocycles. The molecule has 2 atom stereocenters. The first-order chi connectivity index (χ1) is 12.2. The summed E-state index contributed by atoms with van der Waals surface area (Å²) in [6.07, 6.45) is 2.64. The Bertz CT molecular complexity index is 753. The molecule has 132 valence electrons. The summed E-state index contributed by atoms with van der Waals surface area (Å²) >= 11 is 0. The standard InChI is InChI=1S/C19H24N4O2/c1-12-4-6-13(7-5-12)18-16(3-2-10-25-18)21-19(24)17-14-11-20-9-8-15(14)22-23-17/h4-7,16,18,20H,2-3,8-11H2,1H3,(H,21,24)(H,22,23). The molecule has 1 aromatic heterocycles. The first-order valence-electron chi connectivity index (χ1n) is 8.98. The van der Waals surface area contributed by atoms with E-state index in [9.17, 15) is 4.79 Å². The largest absolute Gasteiger partial charge is 0.371 e. The molecule has 6 nitrogen and oxygen atoms in total. The number of nitrogens with one attached hydrogen (secondary N) is 3. The average molecular weight is 340 g/mol. The third-order valence-corrected chi connectivity index (χ3v) is 5.07. The van der Waals surface area contributed by atoms with Crippen LogP contribution in [-0.2, 0) is 17.7 Å². The van der Waals surface area contributed by atoms with Crippen molar-refractivity contribution in [1.82, 2.24) is 20.8 Å². The summed E-state index contributed by atoms with van der Waals surface area (Å²) < 4.78 is 5.99. The van der Waals surface area contributed by atoms with Crippen LogP contribution < -0.4 is 10.6 Å². The van der Waals surface area contributed by atoms with Crippen molar-refractivity contribution >= 4 is 5.91 Å². The number of carbonyl (C=O) groups excluding carboxylic acids is 1. The van der Waals surface area contributed by atoms with E-state index in [0.717, 1.165) is 49.2 Å². The number of fused-ring (bicyclic) bond motifs is 1. The van der Waals surface area contributed by atoms with Gasteiger partial charge < -0.3 is 15.4 Å². The fourth-order valence-corrected chi connectivity index (χ4v) is 3.66. The van der Waals surface area contributed by atoms with E-state index in [1.165, 1.54) is 5.56 Å². The van der Waals surface area contributed by atoms with Gasteiger partial charge in [-0.15, -0.1) is 0 Å². The molecule has 0 saturated carbocycles. The summed E-state index contributed by atoms with van der Waals surface area (Å²) in [5.74, 6) is -0.117. The van der Waals surface area contributed by atoms with Gasteiger partial charge in [-0.1, -0.05) is 29.8 Å². The summed E-state index contributed by atoms with van der Waals surface area (Å²) in [6, 6.07) is 8.31. The Morgan fingerprint density at radius 2 is 2.16 bits per heavy atom. The van der Waals surface area contributed by atoms with Gasteiger partial charge in [0.25, 0.3) is 5.91 Å². The number of benzene rings is 1. The second-order valence-electron chi connectivity index (χ2n) is 6.88. The van der Waals surface area contributed by atoms with Crippen LogP contribution in [0.15, 0.2) is 24.3 Å². The molecule has 0 spiro atoms. The maximum Gasteiger partial charge on any atom is 0.272 e. The third kappa shape index (κ3) is 3.32. The Hall–Kier alpha value is -2.18. The molecule has 6 heteroatoms. The van der Waals surface area contributed by atoms with Gasteiger partial charge in [-0.05, 0) is 25.3 Å². The fraction of sp³-hybridized carbons (Fsp3) is 0.474. The normalized spacial score (nSPS) is 23.1. The lowest BCUT2D eigenvalue weighted by atomic mass is 9.95. The summed E-state index contributed by atoms with van der Waals surface area (Å²) in [4.78, 5) is 12.8. The van der Waals surface area contributed by atoms with Crippen LogP contribution in [0.1, 0.15) is 51.8 Å². The molecule has 2 aromatic rings. The zero-order valence-electron chi connectivity index (χ0n) is 14.5. The van der Waals surface area contributed by atoms with E-state index < -0.39 is 0 Å². The summed E-state index contributed by atoms with van der Waals surface area (Å²) in [6.45, 7) is 4.41. The first kappa shape index (κ1) is 16.3. The van der Waals surface area contributed by atoms with Crippen molar-refractivity contribution in [3.05, 3.63) is 52.3 Å². The van der Waals surface area contributed by atoms with E-state index in [1.54, 1.807) is 0 Å². The lowest BCUT2D eigenvalue weighted by Crippen LogP contribution is -2.43. The van der Waals surface area contributed by atoms with Gasteiger partial charge in [-0.2, -0.15) is 5.10 Å². The van der Waals surface area contributed by atoms with Gasteiger partial charge in [-0.3, -0.25) is 9.89 Å². The highest BCUT2D eigenvalue weighted by Crippen LogP contribution is 2.29. The van der Waals surface area contributed by atoms with Crippen molar-refractivity contribution in [2.24, 2.45) is 0 Å². The molecular weight excluding hydrogens is 316 g/mol. The SMILES string of the molecule is Cc1ccc(C2OCCCC2NC(=O)c2n[nH]c3c2CNCC3)cc1. The van der Waals surface area contributed by atoms with E-state index >= 15 is 0 Å². The van der Waals surface area contributed by atoms with Crippen LogP contribution in [0.4, 0.5) is 0 Å². The Morgan fingerprint density at radius 1 is 1.32 bits per heavy atom. The van der Waals surface area contributed by atoms with Crippen molar-refractivity contribution in [1.29, 1.82) is 0 Å². The number of H-pyrrole nitrogens is 1. The smallest absolute Gasteiger partial charge is 0.272 e. The van der Waals surface area contributed by atoms with Crippen LogP contribution in [0, 0.1) is 6.92 Å². The molecule has 1 aromatic carbocycles. The molecule has 1 fully saturated rings. The minimum atomic E-state index is -0.117. The van der Waals surface area contributed by atoms with Gasteiger partial charge in [-0.25, -0.2) is 0 Å². The minimum absolute atomic E-state index is 0.0344. The topological polar surface area (TPSA) is 79.0 Å². The molecule has 1 saturated heterocycles. The number of rotatable bonds is 3. The molecule has 2 unspecified atom stereocenters. The predicted octanol–water partition coefficient (Wildman–Crippen LogP) is 2.01. The van der Waals surface area contributed by atoms with Crippen LogP contribution in [0.3, 0.4) is 0 Å². The summed E-state index contributed by atoms with van der Waals surface area (Å²) in [5, 5.41) is 13.7. The maximum absolute atomic E-state index is 12.8. The van der Waals surface area contributed by atoms with Crippen molar-refractivity contribution in [3.63, 3.8) is 0 Å². The van der Waals surface area contributed by atoms with Crippen molar-refractivity contribution in [3.8, 4) is 0 Å². The molecule has 4 rings (SSSR count). The molecule has 2 aliphatic rings. The third-order valence-electron chi connectivity index (χ3n) is 5.07. The number of ether oxygens (including phenoxy) is 1. The van der Waals surface area contributed by atoms with Gasteiger partial charge in [0, 0.05) is 37.4 Å². The Balaban J connectivity index is 1.52. The predicted molar refractivity (Wildman–Crippen MR) is 94.4 cm³/mol. The lowest BCUT2D eigenvalue weighted by molar-refractivity contribution is -0.00953. The molecule has 1 amide bonds. The second-order valence-corrected chi connectivity index (χ2v) is 6.88. The van der Waals surface area contributed by atoms with Gasteiger partial charge in [0.2, 0.25) is 0 Å². The molecule has 3 N–H and O–H groups in total. The number of amides is 1. The zero-order valence-corrected chi connectivity index (χ0v) is 14.5. The van der Waals surface area contributed by atoms with Crippen molar-refractivity contribution < 1.29 is 9.53 Å². The van der Waals surface area contributed by atoms with Crippen LogP contribution in [0.5, 0.6) is 0 Å². The van der Waals surface area contributed by atoms with Crippen molar-refractivity contribution in [2.45, 2.75) is 44.9 Å². The molecular formula is C19H24N4O2. The number of aromatic amines is 1. The number of nitrogens with zero attached hydrogens (tertiary/aromatic N) is 1. The van der Waals surface area contributed by atoms with E-state index in [0.29, 0.717) is 12.2 Å². The number of carbonyl (C=O) groups is 1.